The molecule has 0 spiro atoms. The van der Waals surface area contributed by atoms with Gasteiger partial charge in [-0.15, -0.1) is 11.3 Å². The van der Waals surface area contributed by atoms with E-state index in [2.05, 4.69) is 5.32 Å². The van der Waals surface area contributed by atoms with Gasteiger partial charge < -0.3 is 10.1 Å². The molecule has 1 heterocycles. The van der Waals surface area contributed by atoms with E-state index in [4.69, 9.17) is 4.74 Å². The number of thiophene rings is 1. The molecule has 24 heavy (non-hydrogen) atoms. The summed E-state index contributed by atoms with van der Waals surface area (Å²) in [7, 11) is 0. The molecule has 2 aromatic carbocycles. The lowest BCUT2D eigenvalue weighted by molar-refractivity contribution is -0.123. The van der Waals surface area contributed by atoms with Crippen LogP contribution in [0.1, 0.15) is 22.0 Å². The van der Waals surface area contributed by atoms with Crippen molar-refractivity contribution in [3.05, 3.63) is 88.1 Å². The van der Waals surface area contributed by atoms with E-state index in [0.29, 0.717) is 0 Å². The van der Waals surface area contributed by atoms with Crippen molar-refractivity contribution in [3.8, 4) is 5.75 Å². The minimum absolute atomic E-state index is 0.000434. The molecule has 0 aliphatic heterocycles. The fraction of sp³-hybridized carbons (Fsp3) is 0.150. The van der Waals surface area contributed by atoms with E-state index in [9.17, 15) is 4.79 Å². The van der Waals surface area contributed by atoms with Crippen molar-refractivity contribution in [2.45, 2.75) is 13.0 Å². The van der Waals surface area contributed by atoms with Crippen LogP contribution in [0.4, 0.5) is 0 Å². The van der Waals surface area contributed by atoms with Gasteiger partial charge in [0, 0.05) is 4.88 Å². The van der Waals surface area contributed by atoms with Crippen molar-refractivity contribution < 1.29 is 9.53 Å². The number of benzene rings is 2. The number of hydrogen-bond acceptors (Lipinski definition) is 3. The highest BCUT2D eigenvalue weighted by atomic mass is 32.1. The fourth-order valence-electron chi connectivity index (χ4n) is 2.48. The van der Waals surface area contributed by atoms with Gasteiger partial charge in [-0.1, -0.05) is 54.6 Å². The number of nitrogens with one attached hydrogen (secondary N) is 1. The summed E-state index contributed by atoms with van der Waals surface area (Å²) in [4.78, 5) is 13.5. The maximum absolute atomic E-state index is 12.4. The minimum atomic E-state index is -0.154. The SMILES string of the molecule is Cc1ccccc1OCC(=O)N[C@@H](c1ccccc1)c1cccs1. The zero-order valence-electron chi connectivity index (χ0n) is 13.4. The fourth-order valence-corrected chi connectivity index (χ4v) is 3.29. The number of hydrogen-bond donors (Lipinski definition) is 1. The van der Waals surface area contributed by atoms with Gasteiger partial charge in [0.1, 0.15) is 5.75 Å². The van der Waals surface area contributed by atoms with Crippen LogP contribution in [0.25, 0.3) is 0 Å². The summed E-state index contributed by atoms with van der Waals surface area (Å²) in [6.45, 7) is 1.96. The van der Waals surface area contributed by atoms with Crippen LogP contribution in [0.15, 0.2) is 72.1 Å². The summed E-state index contributed by atoms with van der Waals surface area (Å²) in [6, 6.07) is 21.5. The van der Waals surface area contributed by atoms with E-state index in [-0.39, 0.29) is 18.6 Å². The molecule has 0 saturated carbocycles. The molecule has 3 nitrogen and oxygen atoms in total. The summed E-state index contributed by atoms with van der Waals surface area (Å²) in [6.07, 6.45) is 0. The Kier molecular flexibility index (Phi) is 5.29. The van der Waals surface area contributed by atoms with Gasteiger partial charge in [-0.05, 0) is 35.6 Å². The summed E-state index contributed by atoms with van der Waals surface area (Å²) < 4.78 is 5.64. The minimum Gasteiger partial charge on any atom is -0.484 e. The molecule has 1 N–H and O–H groups in total. The topological polar surface area (TPSA) is 38.3 Å². The van der Waals surface area contributed by atoms with Gasteiger partial charge >= 0.3 is 0 Å². The Bertz CT molecular complexity index is 784. The second-order valence-corrected chi connectivity index (χ2v) is 6.46. The molecule has 122 valence electrons. The number of para-hydroxylation sites is 1. The van der Waals surface area contributed by atoms with Crippen LogP contribution in [0.5, 0.6) is 5.75 Å². The first-order valence-electron chi connectivity index (χ1n) is 7.80. The van der Waals surface area contributed by atoms with E-state index < -0.39 is 0 Å². The van der Waals surface area contributed by atoms with Crippen molar-refractivity contribution in [2.24, 2.45) is 0 Å². The summed E-state index contributed by atoms with van der Waals surface area (Å²) in [5, 5.41) is 5.09. The van der Waals surface area contributed by atoms with Gasteiger partial charge in [0.05, 0.1) is 6.04 Å². The zero-order chi connectivity index (χ0) is 16.8. The maximum atomic E-state index is 12.4. The van der Waals surface area contributed by atoms with Crippen molar-refractivity contribution in [1.82, 2.24) is 5.32 Å². The number of ether oxygens (including phenoxy) is 1. The normalized spacial score (nSPS) is 11.7. The van der Waals surface area contributed by atoms with Crippen LogP contribution in [-0.4, -0.2) is 12.5 Å². The van der Waals surface area contributed by atoms with Crippen LogP contribution in [0.3, 0.4) is 0 Å². The van der Waals surface area contributed by atoms with Crippen LogP contribution in [-0.2, 0) is 4.79 Å². The van der Waals surface area contributed by atoms with Crippen molar-refractivity contribution >= 4 is 17.2 Å². The largest absolute Gasteiger partial charge is 0.484 e. The van der Waals surface area contributed by atoms with Crippen molar-refractivity contribution in [2.75, 3.05) is 6.61 Å². The molecular formula is C20H19NO2S. The number of carbonyl (C=O) groups is 1. The summed E-state index contributed by atoms with van der Waals surface area (Å²) in [5.41, 5.74) is 2.08. The highest BCUT2D eigenvalue weighted by Gasteiger charge is 2.18. The third-order valence-corrected chi connectivity index (χ3v) is 4.66. The summed E-state index contributed by atoms with van der Waals surface area (Å²) in [5.74, 6) is 0.598. The van der Waals surface area contributed by atoms with Crippen LogP contribution < -0.4 is 10.1 Å². The molecule has 0 bridgehead atoms. The monoisotopic (exact) mass is 337 g/mol. The smallest absolute Gasteiger partial charge is 0.258 e. The lowest BCUT2D eigenvalue weighted by Gasteiger charge is -2.18. The highest BCUT2D eigenvalue weighted by molar-refractivity contribution is 7.10. The van der Waals surface area contributed by atoms with Gasteiger partial charge in [-0.25, -0.2) is 0 Å². The van der Waals surface area contributed by atoms with Crippen LogP contribution in [0.2, 0.25) is 0 Å². The molecule has 3 aromatic rings. The Balaban J connectivity index is 1.69. The molecule has 0 aliphatic rings. The van der Waals surface area contributed by atoms with E-state index in [1.54, 1.807) is 11.3 Å². The third kappa shape index (κ3) is 4.03. The molecular weight excluding hydrogens is 318 g/mol. The van der Waals surface area contributed by atoms with E-state index in [1.165, 1.54) is 0 Å². The Morgan fingerprint density at radius 1 is 1.04 bits per heavy atom. The predicted molar refractivity (Wildman–Crippen MR) is 97.4 cm³/mol. The first-order chi connectivity index (χ1) is 11.7. The van der Waals surface area contributed by atoms with Crippen LogP contribution in [0, 0.1) is 6.92 Å². The molecule has 0 saturated heterocycles. The zero-order valence-corrected chi connectivity index (χ0v) is 14.3. The Morgan fingerprint density at radius 3 is 2.50 bits per heavy atom. The van der Waals surface area contributed by atoms with Gasteiger partial charge in [-0.3, -0.25) is 4.79 Å². The van der Waals surface area contributed by atoms with Gasteiger partial charge in [0.2, 0.25) is 0 Å². The average Bonchev–Trinajstić information content (AvgIpc) is 3.14. The van der Waals surface area contributed by atoms with E-state index in [0.717, 1.165) is 21.8 Å². The number of rotatable bonds is 6. The standard InChI is InChI=1S/C20H19NO2S/c1-15-8-5-6-11-17(15)23-14-19(22)21-20(18-12-7-13-24-18)16-9-3-2-4-10-16/h2-13,20H,14H2,1H3,(H,21,22)/t20-/m0/s1. The highest BCUT2D eigenvalue weighted by Crippen LogP contribution is 2.26. The quantitative estimate of drug-likeness (QED) is 0.726. The molecule has 4 heteroatoms. The molecule has 1 amide bonds. The Hall–Kier alpha value is -2.59. The maximum Gasteiger partial charge on any atom is 0.258 e. The molecule has 0 aliphatic carbocycles. The lowest BCUT2D eigenvalue weighted by atomic mass is 10.1. The second-order valence-electron chi connectivity index (χ2n) is 5.48. The molecule has 0 unspecified atom stereocenters. The lowest BCUT2D eigenvalue weighted by Crippen LogP contribution is -2.33. The van der Waals surface area contributed by atoms with E-state index >= 15 is 0 Å². The number of carbonyl (C=O) groups excluding carboxylic acids is 1. The molecule has 1 aromatic heterocycles. The first-order valence-corrected chi connectivity index (χ1v) is 8.68. The van der Waals surface area contributed by atoms with Crippen molar-refractivity contribution in [3.63, 3.8) is 0 Å². The molecule has 3 rings (SSSR count). The average molecular weight is 337 g/mol. The van der Waals surface area contributed by atoms with Gasteiger partial charge in [0.25, 0.3) is 5.91 Å². The van der Waals surface area contributed by atoms with Crippen LogP contribution >= 0.6 is 11.3 Å². The Morgan fingerprint density at radius 2 is 1.79 bits per heavy atom. The van der Waals surface area contributed by atoms with E-state index in [1.807, 2.05) is 79.0 Å². The molecule has 1 atom stereocenters. The number of amides is 1. The Labute approximate surface area is 145 Å². The van der Waals surface area contributed by atoms with Gasteiger partial charge in [0.15, 0.2) is 6.61 Å². The van der Waals surface area contributed by atoms with Gasteiger partial charge in [-0.2, -0.15) is 0 Å². The number of aryl methyl sites for hydroxylation is 1. The molecule has 0 radical (unpaired) electrons. The predicted octanol–water partition coefficient (Wildman–Crippen LogP) is 4.34. The third-order valence-electron chi connectivity index (χ3n) is 3.72. The first kappa shape index (κ1) is 16.3. The second kappa shape index (κ2) is 7.79. The molecule has 0 fully saturated rings. The summed E-state index contributed by atoms with van der Waals surface area (Å²) >= 11 is 1.63. The van der Waals surface area contributed by atoms with Crippen molar-refractivity contribution in [1.29, 1.82) is 0 Å².